The SMILES string of the molecule is Cc1ccc(NS(=O)(=O)c2c(C)nn(C)c2C)cc1S(N)(=O)=O. The maximum absolute atomic E-state index is 12.6. The molecule has 3 N–H and O–H groups in total. The lowest BCUT2D eigenvalue weighted by Gasteiger charge is -2.11. The summed E-state index contributed by atoms with van der Waals surface area (Å²) in [6, 6.07) is 4.16. The van der Waals surface area contributed by atoms with Crippen LogP contribution in [0.25, 0.3) is 0 Å². The molecule has 0 aliphatic heterocycles. The van der Waals surface area contributed by atoms with Gasteiger partial charge >= 0.3 is 0 Å². The molecule has 8 nitrogen and oxygen atoms in total. The van der Waals surface area contributed by atoms with Crippen molar-refractivity contribution in [2.75, 3.05) is 4.72 Å². The monoisotopic (exact) mass is 358 g/mol. The summed E-state index contributed by atoms with van der Waals surface area (Å²) in [7, 11) is -6.19. The van der Waals surface area contributed by atoms with Crippen LogP contribution >= 0.6 is 0 Å². The lowest BCUT2D eigenvalue weighted by atomic mass is 10.2. The molecule has 2 aromatic rings. The first-order valence-electron chi connectivity index (χ1n) is 6.60. The number of nitrogens with two attached hydrogens (primary N) is 1. The summed E-state index contributed by atoms with van der Waals surface area (Å²) in [5, 5.41) is 9.21. The molecule has 0 radical (unpaired) electrons. The van der Waals surface area contributed by atoms with Gasteiger partial charge in [-0.1, -0.05) is 6.07 Å². The quantitative estimate of drug-likeness (QED) is 0.836. The molecule has 0 saturated carbocycles. The number of nitrogens with one attached hydrogen (secondary N) is 1. The molecule has 0 atom stereocenters. The van der Waals surface area contributed by atoms with Gasteiger partial charge in [0.2, 0.25) is 10.0 Å². The Morgan fingerprint density at radius 2 is 1.74 bits per heavy atom. The normalized spacial score (nSPS) is 12.4. The van der Waals surface area contributed by atoms with Gasteiger partial charge in [-0.15, -0.1) is 0 Å². The Morgan fingerprint density at radius 3 is 2.22 bits per heavy atom. The minimum Gasteiger partial charge on any atom is -0.279 e. The third-order valence-electron chi connectivity index (χ3n) is 3.46. The van der Waals surface area contributed by atoms with Crippen molar-refractivity contribution in [3.8, 4) is 0 Å². The number of hydrogen-bond donors (Lipinski definition) is 2. The summed E-state index contributed by atoms with van der Waals surface area (Å²) in [5.74, 6) is 0. The zero-order chi connectivity index (χ0) is 17.6. The van der Waals surface area contributed by atoms with Crippen molar-refractivity contribution in [2.45, 2.75) is 30.6 Å². The summed E-state index contributed by atoms with van der Waals surface area (Å²) < 4.78 is 52.0. The molecule has 0 aliphatic rings. The van der Waals surface area contributed by atoms with E-state index >= 15 is 0 Å². The molecule has 10 heteroatoms. The van der Waals surface area contributed by atoms with E-state index < -0.39 is 20.0 Å². The number of aryl methyl sites for hydroxylation is 3. The van der Waals surface area contributed by atoms with Crippen molar-refractivity contribution in [2.24, 2.45) is 12.2 Å². The molecule has 2 rings (SSSR count). The van der Waals surface area contributed by atoms with Crippen molar-refractivity contribution >= 4 is 25.7 Å². The summed E-state index contributed by atoms with van der Waals surface area (Å²) in [6.45, 7) is 4.80. The summed E-state index contributed by atoms with van der Waals surface area (Å²) >= 11 is 0. The van der Waals surface area contributed by atoms with Crippen LogP contribution < -0.4 is 9.86 Å². The van der Waals surface area contributed by atoms with E-state index in [9.17, 15) is 16.8 Å². The predicted octanol–water partition coefficient (Wildman–Crippen LogP) is 0.794. The van der Waals surface area contributed by atoms with Crippen LogP contribution in [-0.4, -0.2) is 26.6 Å². The number of sulfonamides is 2. The molecule has 0 aliphatic carbocycles. The van der Waals surface area contributed by atoms with Crippen molar-refractivity contribution in [1.82, 2.24) is 9.78 Å². The lowest BCUT2D eigenvalue weighted by molar-refractivity contribution is 0.595. The van der Waals surface area contributed by atoms with E-state index in [-0.39, 0.29) is 15.5 Å². The van der Waals surface area contributed by atoms with Gasteiger partial charge in [-0.3, -0.25) is 9.40 Å². The fourth-order valence-electron chi connectivity index (χ4n) is 2.32. The molecule has 0 spiro atoms. The number of rotatable bonds is 4. The Balaban J connectivity index is 2.50. The minimum absolute atomic E-state index is 0.0673. The number of benzene rings is 1. The smallest absolute Gasteiger partial charge is 0.265 e. The van der Waals surface area contributed by atoms with Crippen molar-refractivity contribution in [3.63, 3.8) is 0 Å². The standard InChI is InChI=1S/C13H18N4O4S2/c1-8-5-6-11(7-12(8)22(14,18)19)16-23(20,21)13-9(2)15-17(4)10(13)3/h5-7,16H,1-4H3,(H2,14,18,19). The first-order chi connectivity index (χ1) is 10.4. The van der Waals surface area contributed by atoms with Gasteiger partial charge in [0.15, 0.2) is 0 Å². The molecule has 0 saturated heterocycles. The van der Waals surface area contributed by atoms with Crippen LogP contribution in [0.15, 0.2) is 28.0 Å². The van der Waals surface area contributed by atoms with E-state index in [1.54, 1.807) is 27.8 Å². The van der Waals surface area contributed by atoms with Crippen LogP contribution in [0.4, 0.5) is 5.69 Å². The Labute approximate surface area is 135 Å². The number of hydrogen-bond acceptors (Lipinski definition) is 5. The van der Waals surface area contributed by atoms with Crippen molar-refractivity contribution in [1.29, 1.82) is 0 Å². The van der Waals surface area contributed by atoms with Crippen LogP contribution in [0.2, 0.25) is 0 Å². The Morgan fingerprint density at radius 1 is 1.13 bits per heavy atom. The van der Waals surface area contributed by atoms with Crippen molar-refractivity contribution in [3.05, 3.63) is 35.2 Å². The number of primary sulfonamides is 1. The maximum atomic E-state index is 12.6. The summed E-state index contributed by atoms with van der Waals surface area (Å²) in [5.41, 5.74) is 1.39. The van der Waals surface area contributed by atoms with Crippen LogP contribution in [0.3, 0.4) is 0 Å². The Kier molecular flexibility index (Phi) is 4.26. The van der Waals surface area contributed by atoms with E-state index in [4.69, 9.17) is 5.14 Å². The largest absolute Gasteiger partial charge is 0.279 e. The Hall–Kier alpha value is -1.91. The van der Waals surface area contributed by atoms with E-state index in [2.05, 4.69) is 9.82 Å². The molecule has 1 aromatic heterocycles. The van der Waals surface area contributed by atoms with Gasteiger partial charge in [-0.05, 0) is 38.5 Å². The molecule has 1 aromatic carbocycles. The van der Waals surface area contributed by atoms with Crippen LogP contribution in [-0.2, 0) is 27.1 Å². The molecule has 126 valence electrons. The average molecular weight is 358 g/mol. The topological polar surface area (TPSA) is 124 Å². The molecule has 0 fully saturated rings. The first kappa shape index (κ1) is 17.4. The molecule has 0 amide bonds. The van der Waals surface area contributed by atoms with Crippen LogP contribution in [0.5, 0.6) is 0 Å². The molecule has 0 unspecified atom stereocenters. The Bertz CT molecular complexity index is 976. The second-order valence-electron chi connectivity index (χ2n) is 5.25. The second kappa shape index (κ2) is 5.62. The van der Waals surface area contributed by atoms with Gasteiger partial charge in [0.25, 0.3) is 10.0 Å². The van der Waals surface area contributed by atoms with Crippen LogP contribution in [0.1, 0.15) is 17.0 Å². The molecule has 0 bridgehead atoms. The molecular formula is C13H18N4O4S2. The fraction of sp³-hybridized carbons (Fsp3) is 0.308. The van der Waals surface area contributed by atoms with E-state index in [1.165, 1.54) is 22.9 Å². The lowest BCUT2D eigenvalue weighted by Crippen LogP contribution is -2.17. The summed E-state index contributed by atoms with van der Waals surface area (Å²) in [6.07, 6.45) is 0. The third kappa shape index (κ3) is 3.38. The van der Waals surface area contributed by atoms with Crippen LogP contribution in [0, 0.1) is 20.8 Å². The second-order valence-corrected chi connectivity index (χ2v) is 8.40. The van der Waals surface area contributed by atoms with Crippen molar-refractivity contribution < 1.29 is 16.8 Å². The number of aromatic nitrogens is 2. The van der Waals surface area contributed by atoms with Gasteiger partial charge in [-0.2, -0.15) is 5.10 Å². The van der Waals surface area contributed by atoms with Gasteiger partial charge < -0.3 is 0 Å². The van der Waals surface area contributed by atoms with Gasteiger partial charge in [0.1, 0.15) is 4.90 Å². The highest BCUT2D eigenvalue weighted by atomic mass is 32.2. The van der Waals surface area contributed by atoms with E-state index in [1.807, 2.05) is 0 Å². The average Bonchev–Trinajstić information content (AvgIpc) is 2.64. The van der Waals surface area contributed by atoms with E-state index in [0.717, 1.165) is 0 Å². The zero-order valence-corrected chi connectivity index (χ0v) is 14.8. The predicted molar refractivity (Wildman–Crippen MR) is 86.0 cm³/mol. The molecular weight excluding hydrogens is 340 g/mol. The number of anilines is 1. The third-order valence-corrected chi connectivity index (χ3v) is 6.14. The molecule has 23 heavy (non-hydrogen) atoms. The van der Waals surface area contributed by atoms with Gasteiger partial charge in [-0.25, -0.2) is 22.0 Å². The highest BCUT2D eigenvalue weighted by molar-refractivity contribution is 7.92. The molecule has 1 heterocycles. The summed E-state index contributed by atoms with van der Waals surface area (Å²) in [4.78, 5) is -0.0601. The number of nitrogens with zero attached hydrogens (tertiary/aromatic N) is 2. The highest BCUT2D eigenvalue weighted by Gasteiger charge is 2.24. The van der Waals surface area contributed by atoms with E-state index in [0.29, 0.717) is 17.0 Å². The zero-order valence-electron chi connectivity index (χ0n) is 13.2. The highest BCUT2D eigenvalue weighted by Crippen LogP contribution is 2.24. The minimum atomic E-state index is -3.94. The van der Waals surface area contributed by atoms with Gasteiger partial charge in [0.05, 0.1) is 22.0 Å². The van der Waals surface area contributed by atoms with Gasteiger partial charge in [0, 0.05) is 7.05 Å². The fourth-order valence-corrected chi connectivity index (χ4v) is 4.62. The maximum Gasteiger partial charge on any atom is 0.265 e. The first-order valence-corrected chi connectivity index (χ1v) is 9.63.